The Morgan fingerprint density at radius 2 is 1.67 bits per heavy atom. The van der Waals surface area contributed by atoms with Gasteiger partial charge in [-0.3, -0.25) is 0 Å². The molecule has 0 spiro atoms. The number of ether oxygens (including phenoxy) is 1. The van der Waals surface area contributed by atoms with Crippen LogP contribution >= 0.6 is 0 Å². The van der Waals surface area contributed by atoms with Gasteiger partial charge in [-0.05, 0) is 47.8 Å². The molecule has 1 fully saturated rings. The van der Waals surface area contributed by atoms with Crippen LogP contribution in [-0.4, -0.2) is 53.8 Å². The lowest BCUT2D eigenvalue weighted by Crippen LogP contribution is -2.36. The molecule has 6 heteroatoms. The summed E-state index contributed by atoms with van der Waals surface area (Å²) in [5.74, 6) is -0.0201. The van der Waals surface area contributed by atoms with Crippen molar-refractivity contribution in [1.29, 1.82) is 0 Å². The first-order chi connectivity index (χ1) is 14.7. The number of hydrogen-bond acceptors (Lipinski definition) is 6. The fourth-order valence-electron chi connectivity index (χ4n) is 3.76. The molecule has 6 nitrogen and oxygen atoms in total. The molecule has 154 valence electrons. The van der Waals surface area contributed by atoms with Crippen molar-refractivity contribution in [3.63, 3.8) is 0 Å². The van der Waals surface area contributed by atoms with Gasteiger partial charge in [-0.25, -0.2) is 0 Å². The van der Waals surface area contributed by atoms with Crippen molar-refractivity contribution in [3.05, 3.63) is 76.5 Å². The molecule has 30 heavy (non-hydrogen) atoms. The second kappa shape index (κ2) is 9.41. The van der Waals surface area contributed by atoms with Crippen LogP contribution in [0.2, 0.25) is 0 Å². The van der Waals surface area contributed by atoms with Crippen LogP contribution < -0.4 is 0 Å². The Morgan fingerprint density at radius 1 is 0.900 bits per heavy atom. The van der Waals surface area contributed by atoms with Gasteiger partial charge in [0.05, 0.1) is 25.6 Å². The smallest absolute Gasteiger partial charge is 0.128 e. The summed E-state index contributed by atoms with van der Waals surface area (Å²) in [5.41, 5.74) is 5.39. The van der Waals surface area contributed by atoms with Crippen LogP contribution in [-0.2, 0) is 4.74 Å². The minimum absolute atomic E-state index is 0.0112. The van der Waals surface area contributed by atoms with E-state index in [9.17, 15) is 10.2 Å². The normalized spacial score (nSPS) is 18.9. The Hall–Kier alpha value is -3.38. The van der Waals surface area contributed by atoms with Crippen LogP contribution in [0.25, 0.3) is 6.08 Å². The van der Waals surface area contributed by atoms with E-state index in [-0.39, 0.29) is 11.5 Å². The number of allylic oxidation sites excluding steroid dienone is 2. The van der Waals surface area contributed by atoms with Gasteiger partial charge in [0.2, 0.25) is 0 Å². The maximum Gasteiger partial charge on any atom is 0.128 e. The molecule has 2 aromatic rings. The molecule has 1 heterocycles. The number of phenolic OH excluding ortho intramolecular Hbond substituents is 2. The molecule has 0 atom stereocenters. The first-order valence-corrected chi connectivity index (χ1v) is 10.1. The van der Waals surface area contributed by atoms with Crippen LogP contribution in [0.5, 0.6) is 11.5 Å². The van der Waals surface area contributed by atoms with Crippen LogP contribution in [0.1, 0.15) is 24.0 Å². The topological polar surface area (TPSA) is 77.7 Å². The molecule has 4 rings (SSSR count). The maximum atomic E-state index is 9.85. The highest BCUT2D eigenvalue weighted by molar-refractivity contribution is 5.86. The van der Waals surface area contributed by atoms with Gasteiger partial charge >= 0.3 is 0 Å². The largest absolute Gasteiger partial charge is 0.508 e. The van der Waals surface area contributed by atoms with E-state index in [1.54, 1.807) is 6.07 Å². The van der Waals surface area contributed by atoms with Crippen molar-refractivity contribution in [3.8, 4) is 11.5 Å². The van der Waals surface area contributed by atoms with E-state index in [2.05, 4.69) is 45.4 Å². The molecular weight excluding hydrogens is 378 g/mol. The third kappa shape index (κ3) is 4.78. The number of phenols is 2. The van der Waals surface area contributed by atoms with E-state index in [1.807, 2.05) is 12.3 Å². The van der Waals surface area contributed by atoms with Gasteiger partial charge in [0.15, 0.2) is 0 Å². The summed E-state index contributed by atoms with van der Waals surface area (Å²) in [6.07, 6.45) is 7.42. The lowest BCUT2D eigenvalue weighted by atomic mass is 10.1. The highest BCUT2D eigenvalue weighted by Crippen LogP contribution is 2.35. The van der Waals surface area contributed by atoms with E-state index >= 15 is 0 Å². The first-order valence-electron chi connectivity index (χ1n) is 10.1. The van der Waals surface area contributed by atoms with Crippen molar-refractivity contribution in [2.24, 2.45) is 10.2 Å². The molecule has 0 saturated carbocycles. The Labute approximate surface area is 176 Å². The van der Waals surface area contributed by atoms with Crippen molar-refractivity contribution in [1.82, 2.24) is 4.90 Å². The zero-order valence-corrected chi connectivity index (χ0v) is 16.7. The van der Waals surface area contributed by atoms with Crippen LogP contribution in [0, 0.1) is 0 Å². The predicted octanol–water partition coefficient (Wildman–Crippen LogP) is 3.97. The van der Waals surface area contributed by atoms with Gasteiger partial charge in [0, 0.05) is 30.4 Å². The molecule has 1 saturated heterocycles. The van der Waals surface area contributed by atoms with Gasteiger partial charge in [0.1, 0.15) is 11.5 Å². The average Bonchev–Trinajstić information content (AvgIpc) is 3.16. The molecular formula is C24H25N3O3. The Balaban J connectivity index is 1.59. The lowest BCUT2D eigenvalue weighted by molar-refractivity contribution is 0.0548. The lowest BCUT2D eigenvalue weighted by Gasteiger charge is -2.31. The van der Waals surface area contributed by atoms with E-state index in [1.165, 1.54) is 35.2 Å². The van der Waals surface area contributed by atoms with Gasteiger partial charge in [-0.1, -0.05) is 30.3 Å². The minimum Gasteiger partial charge on any atom is -0.508 e. The Bertz CT molecular complexity index is 1000. The summed E-state index contributed by atoms with van der Waals surface area (Å²) in [4.78, 5) is 2.38. The molecule has 2 N–H and O–H groups in total. The van der Waals surface area contributed by atoms with Gasteiger partial charge < -0.3 is 19.8 Å². The predicted molar refractivity (Wildman–Crippen MR) is 119 cm³/mol. The van der Waals surface area contributed by atoms with Crippen molar-refractivity contribution in [2.75, 3.05) is 26.3 Å². The number of morpholine rings is 1. The minimum atomic E-state index is -0.0314. The molecule has 2 aliphatic rings. The molecule has 0 unspecified atom stereocenters. The third-order valence-corrected chi connectivity index (χ3v) is 5.23. The monoisotopic (exact) mass is 403 g/mol. The number of nitrogens with zero attached hydrogens (tertiary/aromatic N) is 3. The van der Waals surface area contributed by atoms with Crippen LogP contribution in [0.4, 0.5) is 0 Å². The molecule has 0 amide bonds. The zero-order valence-electron chi connectivity index (χ0n) is 16.7. The summed E-state index contributed by atoms with van der Waals surface area (Å²) in [6, 6.07) is 14.7. The number of rotatable bonds is 5. The second-order valence-electron chi connectivity index (χ2n) is 7.29. The quantitative estimate of drug-likeness (QED) is 0.585. The van der Waals surface area contributed by atoms with Gasteiger partial charge in [-0.15, -0.1) is 0 Å². The highest BCUT2D eigenvalue weighted by Gasteiger charge is 2.25. The Kier molecular flexibility index (Phi) is 6.25. The summed E-state index contributed by atoms with van der Waals surface area (Å²) in [5, 5.41) is 27.5. The fourth-order valence-corrected chi connectivity index (χ4v) is 3.76. The van der Waals surface area contributed by atoms with Crippen molar-refractivity contribution < 1.29 is 14.9 Å². The molecule has 1 aliphatic carbocycles. The number of aromatic hydroxyl groups is 2. The molecule has 0 radical (unpaired) electrons. The van der Waals surface area contributed by atoms with Crippen LogP contribution in [0.3, 0.4) is 0 Å². The number of benzene rings is 2. The van der Waals surface area contributed by atoms with E-state index in [0.29, 0.717) is 5.56 Å². The fraction of sp³-hybridized carbons (Fsp3) is 0.250. The third-order valence-electron chi connectivity index (χ3n) is 5.23. The van der Waals surface area contributed by atoms with E-state index in [4.69, 9.17) is 4.74 Å². The van der Waals surface area contributed by atoms with Gasteiger partial charge in [-0.2, -0.15) is 10.2 Å². The van der Waals surface area contributed by atoms with Gasteiger partial charge in [0.25, 0.3) is 0 Å². The van der Waals surface area contributed by atoms with E-state index in [0.717, 1.165) is 44.7 Å². The summed E-state index contributed by atoms with van der Waals surface area (Å²) < 4.78 is 5.53. The van der Waals surface area contributed by atoms with Crippen molar-refractivity contribution >= 4 is 18.5 Å². The summed E-state index contributed by atoms with van der Waals surface area (Å²) >= 11 is 0. The van der Waals surface area contributed by atoms with E-state index < -0.39 is 0 Å². The molecule has 1 aliphatic heterocycles. The molecule has 0 aromatic heterocycles. The molecule has 2 aromatic carbocycles. The number of hydrogen-bond donors (Lipinski definition) is 2. The molecule has 0 bridgehead atoms. The summed E-state index contributed by atoms with van der Waals surface area (Å²) in [6.45, 7) is 3.18. The van der Waals surface area contributed by atoms with Crippen molar-refractivity contribution in [2.45, 2.75) is 12.8 Å². The first kappa shape index (κ1) is 19.9. The highest BCUT2D eigenvalue weighted by atomic mass is 16.5. The zero-order chi connectivity index (χ0) is 20.8. The Morgan fingerprint density at radius 3 is 2.43 bits per heavy atom. The SMILES string of the molecule is Oc1ccc(/C=N/N=C\C2=C(N3CCOCC3)C(=C\c3ccccc3)/CC2)c(O)c1. The standard InChI is InChI=1S/C24H25N3O3/c28-22-9-8-20(23(29)15-22)16-25-26-17-21-7-6-19(14-18-4-2-1-3-5-18)24(21)27-10-12-30-13-11-27/h1-5,8-9,14-17,28-29H,6-7,10-13H2/b19-14-,25-16+,26-17-. The second-order valence-corrected chi connectivity index (χ2v) is 7.29. The maximum absolute atomic E-state index is 9.85. The summed E-state index contributed by atoms with van der Waals surface area (Å²) in [7, 11) is 0. The average molecular weight is 403 g/mol. The van der Waals surface area contributed by atoms with Crippen LogP contribution in [0.15, 0.2) is 75.6 Å².